The Kier molecular flexibility index (Phi) is 3.60. The van der Waals surface area contributed by atoms with Crippen molar-refractivity contribution in [2.75, 3.05) is 27.1 Å². The van der Waals surface area contributed by atoms with Crippen molar-refractivity contribution in [3.05, 3.63) is 12.2 Å². The van der Waals surface area contributed by atoms with Gasteiger partial charge in [-0.25, -0.2) is 0 Å². The van der Waals surface area contributed by atoms with Gasteiger partial charge in [0.25, 0.3) is 11.8 Å². The lowest BCUT2D eigenvalue weighted by Gasteiger charge is -2.12. The molecule has 0 aliphatic carbocycles. The Morgan fingerprint density at radius 2 is 1.92 bits per heavy atom. The molecule has 0 aromatic carbocycles. The van der Waals surface area contributed by atoms with E-state index in [2.05, 4.69) is 4.74 Å². The molecule has 0 aromatic heterocycles. The zero-order valence-corrected chi connectivity index (χ0v) is 7.36. The van der Waals surface area contributed by atoms with Crippen LogP contribution in [0.15, 0.2) is 12.2 Å². The first kappa shape index (κ1) is 9.88. The molecule has 1 aliphatic heterocycles. The molecule has 72 valence electrons. The predicted molar refractivity (Wildman–Crippen MR) is 43.7 cm³/mol. The van der Waals surface area contributed by atoms with E-state index in [1.54, 1.807) is 0 Å². The molecular formula is C8H11NO4. The highest BCUT2D eigenvalue weighted by Crippen LogP contribution is 2.02. The highest BCUT2D eigenvalue weighted by atomic mass is 16.7. The van der Waals surface area contributed by atoms with Gasteiger partial charge in [-0.2, -0.15) is 0 Å². The lowest BCUT2D eigenvalue weighted by Crippen LogP contribution is -2.33. The maximum atomic E-state index is 11.0. The maximum Gasteiger partial charge on any atom is 0.253 e. The molecule has 0 N–H and O–H groups in total. The summed E-state index contributed by atoms with van der Waals surface area (Å²) in [4.78, 5) is 23.1. The standard InChI is InChI=1S/C8H11NO4/c1-12-6-13-5-4-9-7(10)2-3-8(9)11/h2-3H,4-6H2,1H3. The second-order valence-electron chi connectivity index (χ2n) is 2.48. The van der Waals surface area contributed by atoms with E-state index in [-0.39, 0.29) is 25.2 Å². The molecule has 1 heterocycles. The van der Waals surface area contributed by atoms with Crippen LogP contribution in [0.4, 0.5) is 0 Å². The first-order valence-electron chi connectivity index (χ1n) is 3.86. The zero-order chi connectivity index (χ0) is 9.68. The number of amides is 2. The number of ether oxygens (including phenoxy) is 2. The normalized spacial score (nSPS) is 15.9. The molecule has 0 unspecified atom stereocenters. The first-order chi connectivity index (χ1) is 6.25. The minimum Gasteiger partial charge on any atom is -0.359 e. The zero-order valence-electron chi connectivity index (χ0n) is 7.36. The molecule has 0 radical (unpaired) electrons. The average Bonchev–Trinajstić information content (AvgIpc) is 2.42. The van der Waals surface area contributed by atoms with Crippen molar-refractivity contribution in [1.82, 2.24) is 4.90 Å². The lowest BCUT2D eigenvalue weighted by atomic mass is 10.5. The van der Waals surface area contributed by atoms with Crippen LogP contribution in [-0.2, 0) is 19.1 Å². The molecule has 0 atom stereocenters. The molecule has 0 aromatic rings. The van der Waals surface area contributed by atoms with Gasteiger partial charge in [0, 0.05) is 19.3 Å². The molecule has 0 saturated carbocycles. The SMILES string of the molecule is COCOCCN1C(=O)C=CC1=O. The smallest absolute Gasteiger partial charge is 0.253 e. The summed E-state index contributed by atoms with van der Waals surface area (Å²) >= 11 is 0. The fraction of sp³-hybridized carbons (Fsp3) is 0.500. The maximum absolute atomic E-state index is 11.0. The summed E-state index contributed by atoms with van der Waals surface area (Å²) in [7, 11) is 1.51. The van der Waals surface area contributed by atoms with Crippen LogP contribution in [-0.4, -0.2) is 43.8 Å². The Labute approximate surface area is 75.9 Å². The average molecular weight is 185 g/mol. The summed E-state index contributed by atoms with van der Waals surface area (Å²) in [5, 5.41) is 0. The van der Waals surface area contributed by atoms with E-state index in [0.717, 1.165) is 4.90 Å². The highest BCUT2D eigenvalue weighted by molar-refractivity contribution is 6.12. The number of carbonyl (C=O) groups excluding carboxylic acids is 2. The number of imide groups is 1. The van der Waals surface area contributed by atoms with Crippen molar-refractivity contribution < 1.29 is 19.1 Å². The molecule has 1 aliphatic rings. The van der Waals surface area contributed by atoms with Gasteiger partial charge in [0.1, 0.15) is 6.79 Å². The van der Waals surface area contributed by atoms with E-state index < -0.39 is 0 Å². The number of methoxy groups -OCH3 is 1. The van der Waals surface area contributed by atoms with Gasteiger partial charge < -0.3 is 9.47 Å². The van der Waals surface area contributed by atoms with E-state index >= 15 is 0 Å². The van der Waals surface area contributed by atoms with E-state index in [1.807, 2.05) is 0 Å². The number of nitrogens with zero attached hydrogens (tertiary/aromatic N) is 1. The van der Waals surface area contributed by atoms with E-state index in [9.17, 15) is 9.59 Å². The first-order valence-corrected chi connectivity index (χ1v) is 3.86. The summed E-state index contributed by atoms with van der Waals surface area (Å²) in [6.07, 6.45) is 2.50. The molecule has 0 saturated heterocycles. The van der Waals surface area contributed by atoms with E-state index in [0.29, 0.717) is 6.61 Å². The molecule has 1 rings (SSSR count). The van der Waals surface area contributed by atoms with Gasteiger partial charge in [-0.1, -0.05) is 0 Å². The van der Waals surface area contributed by atoms with Crippen molar-refractivity contribution in [2.24, 2.45) is 0 Å². The van der Waals surface area contributed by atoms with Crippen LogP contribution in [0.3, 0.4) is 0 Å². The second kappa shape index (κ2) is 4.74. The number of carbonyl (C=O) groups is 2. The number of hydrogen-bond donors (Lipinski definition) is 0. The second-order valence-corrected chi connectivity index (χ2v) is 2.48. The van der Waals surface area contributed by atoms with Crippen LogP contribution in [0.1, 0.15) is 0 Å². The van der Waals surface area contributed by atoms with Gasteiger partial charge >= 0.3 is 0 Å². The molecular weight excluding hydrogens is 174 g/mol. The Morgan fingerprint density at radius 3 is 2.46 bits per heavy atom. The topological polar surface area (TPSA) is 55.8 Å². The molecule has 2 amide bonds. The minimum absolute atomic E-state index is 0.170. The molecule has 5 heteroatoms. The highest BCUT2D eigenvalue weighted by Gasteiger charge is 2.22. The third kappa shape index (κ3) is 2.64. The van der Waals surface area contributed by atoms with Crippen LogP contribution in [0.5, 0.6) is 0 Å². The summed E-state index contributed by atoms with van der Waals surface area (Å²) < 4.78 is 9.58. The molecule has 0 fully saturated rings. The Balaban J connectivity index is 2.22. The van der Waals surface area contributed by atoms with Crippen LogP contribution in [0.25, 0.3) is 0 Å². The van der Waals surface area contributed by atoms with Crippen molar-refractivity contribution >= 4 is 11.8 Å². The fourth-order valence-corrected chi connectivity index (χ4v) is 0.950. The molecule has 5 nitrogen and oxygen atoms in total. The van der Waals surface area contributed by atoms with E-state index in [4.69, 9.17) is 4.74 Å². The van der Waals surface area contributed by atoms with Crippen LogP contribution in [0, 0.1) is 0 Å². The fourth-order valence-electron chi connectivity index (χ4n) is 0.950. The van der Waals surface area contributed by atoms with Gasteiger partial charge in [0.05, 0.1) is 13.2 Å². The minimum atomic E-state index is -0.286. The predicted octanol–water partition coefficient (Wildman–Crippen LogP) is -0.468. The van der Waals surface area contributed by atoms with Gasteiger partial charge in [0.2, 0.25) is 0 Å². The van der Waals surface area contributed by atoms with Crippen molar-refractivity contribution in [2.45, 2.75) is 0 Å². The molecule has 13 heavy (non-hydrogen) atoms. The molecule has 0 bridgehead atoms. The summed E-state index contributed by atoms with van der Waals surface area (Å²) in [5.41, 5.74) is 0. The monoisotopic (exact) mass is 185 g/mol. The Hall–Kier alpha value is -1.20. The largest absolute Gasteiger partial charge is 0.359 e. The van der Waals surface area contributed by atoms with Crippen molar-refractivity contribution in [3.63, 3.8) is 0 Å². The van der Waals surface area contributed by atoms with Crippen LogP contribution >= 0.6 is 0 Å². The third-order valence-corrected chi connectivity index (χ3v) is 1.56. The van der Waals surface area contributed by atoms with Gasteiger partial charge in [-0.3, -0.25) is 14.5 Å². The number of rotatable bonds is 5. The molecule has 0 spiro atoms. The Morgan fingerprint density at radius 1 is 1.31 bits per heavy atom. The third-order valence-electron chi connectivity index (χ3n) is 1.56. The lowest BCUT2D eigenvalue weighted by molar-refractivity contribution is -0.138. The van der Waals surface area contributed by atoms with Crippen LogP contribution < -0.4 is 0 Å². The number of hydrogen-bond acceptors (Lipinski definition) is 4. The van der Waals surface area contributed by atoms with Crippen LogP contribution in [0.2, 0.25) is 0 Å². The van der Waals surface area contributed by atoms with Gasteiger partial charge in [0.15, 0.2) is 0 Å². The summed E-state index contributed by atoms with van der Waals surface area (Å²) in [6.45, 7) is 0.741. The quantitative estimate of drug-likeness (QED) is 0.330. The van der Waals surface area contributed by atoms with Crippen molar-refractivity contribution in [3.8, 4) is 0 Å². The summed E-state index contributed by atoms with van der Waals surface area (Å²) in [5.74, 6) is -0.572. The summed E-state index contributed by atoms with van der Waals surface area (Å²) in [6, 6.07) is 0. The van der Waals surface area contributed by atoms with Gasteiger partial charge in [-0.05, 0) is 0 Å². The Bertz CT molecular complexity index is 218. The van der Waals surface area contributed by atoms with Gasteiger partial charge in [-0.15, -0.1) is 0 Å². The van der Waals surface area contributed by atoms with E-state index in [1.165, 1.54) is 19.3 Å². The van der Waals surface area contributed by atoms with Crippen molar-refractivity contribution in [1.29, 1.82) is 0 Å².